The Morgan fingerprint density at radius 1 is 1.27 bits per heavy atom. The highest BCUT2D eigenvalue weighted by Gasteiger charge is 2.32. The van der Waals surface area contributed by atoms with Gasteiger partial charge in [0.25, 0.3) is 5.91 Å². The highest BCUT2D eigenvalue weighted by atomic mass is 127. The summed E-state index contributed by atoms with van der Waals surface area (Å²) in [4.78, 5) is 19.6. The van der Waals surface area contributed by atoms with Crippen molar-refractivity contribution < 1.29 is 9.53 Å². The number of ether oxygens (including phenoxy) is 1. The molecule has 0 spiro atoms. The molecule has 0 radical (unpaired) electrons. The minimum absolute atomic E-state index is 0.0376. The Bertz CT molecular complexity index is 1080. The summed E-state index contributed by atoms with van der Waals surface area (Å²) in [6, 6.07) is 13.6. The highest BCUT2D eigenvalue weighted by Crippen LogP contribution is 2.36. The van der Waals surface area contributed by atoms with Crippen LogP contribution in [0.15, 0.2) is 46.3 Å². The smallest absolute Gasteiger partial charge is 0.266 e. The van der Waals surface area contributed by atoms with Gasteiger partial charge in [-0.1, -0.05) is 18.2 Å². The molecule has 0 atom stereocenters. The fourth-order valence-corrected chi connectivity index (χ4v) is 6.07. The van der Waals surface area contributed by atoms with Crippen molar-refractivity contribution in [3.05, 3.63) is 65.1 Å². The molecule has 5 nitrogen and oxygen atoms in total. The zero-order valence-corrected chi connectivity index (χ0v) is 21.6. The number of carbonyl (C=O) groups is 1. The van der Waals surface area contributed by atoms with Gasteiger partial charge in [-0.05, 0) is 95.1 Å². The molecule has 0 saturated carbocycles. The third-order valence-electron chi connectivity index (χ3n) is 4.33. The number of hydrogen-bond acceptors (Lipinski definition) is 5. The van der Waals surface area contributed by atoms with E-state index >= 15 is 0 Å². The maximum Gasteiger partial charge on any atom is 0.266 e. The van der Waals surface area contributed by atoms with Crippen LogP contribution in [0, 0.1) is 18.5 Å². The van der Waals surface area contributed by atoms with E-state index in [9.17, 15) is 10.1 Å². The number of aliphatic imine (C=N–C) groups is 1. The highest BCUT2D eigenvalue weighted by molar-refractivity contribution is 14.1. The summed E-state index contributed by atoms with van der Waals surface area (Å²) in [7, 11) is 0. The van der Waals surface area contributed by atoms with E-state index in [1.165, 1.54) is 11.8 Å². The van der Waals surface area contributed by atoms with E-state index in [1.807, 2.05) is 50.3 Å². The number of nitrogens with zero attached hydrogens (tertiary/aromatic N) is 3. The Morgan fingerprint density at radius 2 is 2.03 bits per heavy atom. The Balaban J connectivity index is 1.96. The average molecular weight is 643 g/mol. The van der Waals surface area contributed by atoms with Crippen LogP contribution in [0.25, 0.3) is 6.08 Å². The number of thioether (sulfide) groups is 1. The summed E-state index contributed by atoms with van der Waals surface area (Å²) in [5.41, 5.74) is 2.26. The van der Waals surface area contributed by atoms with E-state index in [1.54, 1.807) is 11.0 Å². The molecular weight excluding hydrogens is 624 g/mol. The molecule has 1 saturated heterocycles. The van der Waals surface area contributed by atoms with Crippen LogP contribution in [-0.2, 0) is 11.4 Å². The summed E-state index contributed by atoms with van der Waals surface area (Å²) < 4.78 is 8.16. The van der Waals surface area contributed by atoms with E-state index in [2.05, 4.69) is 56.2 Å². The second kappa shape index (κ2) is 10.6. The summed E-state index contributed by atoms with van der Waals surface area (Å²) in [5.74, 6) is 0.665. The van der Waals surface area contributed by atoms with E-state index < -0.39 is 0 Å². The van der Waals surface area contributed by atoms with Crippen molar-refractivity contribution in [2.75, 3.05) is 13.1 Å². The van der Waals surface area contributed by atoms with Crippen molar-refractivity contribution in [1.82, 2.24) is 4.90 Å². The number of likely N-dealkylation sites (N-methyl/N-ethyl adjacent to an activating group) is 1. The molecule has 0 N–H and O–H groups in total. The fourth-order valence-electron chi connectivity index (χ4n) is 2.93. The lowest BCUT2D eigenvalue weighted by atomic mass is 10.1. The van der Waals surface area contributed by atoms with Crippen LogP contribution in [0.3, 0.4) is 0 Å². The maximum atomic E-state index is 12.8. The van der Waals surface area contributed by atoms with Crippen molar-refractivity contribution in [3.63, 3.8) is 0 Å². The molecule has 154 valence electrons. The van der Waals surface area contributed by atoms with E-state index in [0.717, 1.165) is 23.4 Å². The Labute approximate surface area is 207 Å². The zero-order chi connectivity index (χ0) is 21.7. The maximum absolute atomic E-state index is 12.8. The second-order valence-corrected chi connectivity index (χ2v) is 9.70. The number of amides is 1. The van der Waals surface area contributed by atoms with Gasteiger partial charge in [0.05, 0.1) is 20.1 Å². The minimum Gasteiger partial charge on any atom is -0.487 e. The molecule has 0 aromatic heterocycles. The van der Waals surface area contributed by atoms with Crippen LogP contribution in [-0.4, -0.2) is 29.1 Å². The standard InChI is InChI=1S/C22H19I2N3O2S/c1-3-26-22-27(4-2)21(28)19(30-22)10-16-9-17(23)11-18(24)20(16)29-13-15-8-6-5-7-14(15)12-25/h5-11H,3-4,13H2,1-2H3/b19-10+,26-22?. The molecule has 1 fully saturated rings. The lowest BCUT2D eigenvalue weighted by molar-refractivity contribution is -0.122. The van der Waals surface area contributed by atoms with Crippen molar-refractivity contribution in [1.29, 1.82) is 5.26 Å². The first-order valence-corrected chi connectivity index (χ1v) is 12.3. The first kappa shape index (κ1) is 23.1. The van der Waals surface area contributed by atoms with Gasteiger partial charge < -0.3 is 4.74 Å². The molecular formula is C22H19I2N3O2S. The van der Waals surface area contributed by atoms with Crippen molar-refractivity contribution in [2.45, 2.75) is 20.5 Å². The monoisotopic (exact) mass is 643 g/mol. The summed E-state index contributed by atoms with van der Waals surface area (Å²) in [6.07, 6.45) is 1.88. The third kappa shape index (κ3) is 5.18. The quantitative estimate of drug-likeness (QED) is 0.301. The topological polar surface area (TPSA) is 65.7 Å². The molecule has 30 heavy (non-hydrogen) atoms. The predicted molar refractivity (Wildman–Crippen MR) is 138 cm³/mol. The van der Waals surface area contributed by atoms with Crippen LogP contribution in [0.4, 0.5) is 0 Å². The van der Waals surface area contributed by atoms with Crippen molar-refractivity contribution >= 4 is 74.1 Å². The third-order valence-corrected chi connectivity index (χ3v) is 6.80. The molecule has 3 rings (SSSR count). The van der Waals surface area contributed by atoms with Gasteiger partial charge in [0.2, 0.25) is 0 Å². The van der Waals surface area contributed by atoms with Crippen LogP contribution >= 0.6 is 56.9 Å². The molecule has 0 aliphatic carbocycles. The minimum atomic E-state index is -0.0376. The molecule has 1 aliphatic rings. The Hall–Kier alpha value is -1.58. The van der Waals surface area contributed by atoms with Gasteiger partial charge in [0.15, 0.2) is 5.17 Å². The van der Waals surface area contributed by atoms with Gasteiger partial charge in [0, 0.05) is 27.8 Å². The zero-order valence-electron chi connectivity index (χ0n) is 16.5. The average Bonchev–Trinajstić information content (AvgIpc) is 3.02. The summed E-state index contributed by atoms with van der Waals surface area (Å²) in [5, 5.41) is 10.1. The van der Waals surface area contributed by atoms with Crippen LogP contribution in [0.2, 0.25) is 0 Å². The lowest BCUT2D eigenvalue weighted by Gasteiger charge is -2.14. The van der Waals surface area contributed by atoms with Gasteiger partial charge in [-0.15, -0.1) is 0 Å². The molecule has 0 unspecified atom stereocenters. The largest absolute Gasteiger partial charge is 0.487 e. The van der Waals surface area contributed by atoms with Crippen molar-refractivity contribution in [2.24, 2.45) is 4.99 Å². The van der Waals surface area contributed by atoms with Gasteiger partial charge in [-0.2, -0.15) is 5.26 Å². The molecule has 1 amide bonds. The van der Waals surface area contributed by atoms with Crippen LogP contribution in [0.1, 0.15) is 30.5 Å². The van der Waals surface area contributed by atoms with Gasteiger partial charge >= 0.3 is 0 Å². The Morgan fingerprint density at radius 3 is 2.73 bits per heavy atom. The van der Waals surface area contributed by atoms with Gasteiger partial charge in [-0.25, -0.2) is 0 Å². The molecule has 1 heterocycles. The van der Waals surface area contributed by atoms with Gasteiger partial charge in [0.1, 0.15) is 12.4 Å². The van der Waals surface area contributed by atoms with Crippen LogP contribution in [0.5, 0.6) is 5.75 Å². The molecule has 2 aromatic carbocycles. The van der Waals surface area contributed by atoms with Gasteiger partial charge in [-0.3, -0.25) is 14.7 Å². The SMILES string of the molecule is CCN=C1S/C(=C/c2cc(I)cc(I)c2OCc2ccccc2C#N)C(=O)N1CC. The summed E-state index contributed by atoms with van der Waals surface area (Å²) >= 11 is 5.90. The number of rotatable bonds is 6. The lowest BCUT2D eigenvalue weighted by Crippen LogP contribution is -2.28. The number of hydrogen-bond donors (Lipinski definition) is 0. The predicted octanol–water partition coefficient (Wildman–Crippen LogP) is 5.66. The fraction of sp³-hybridized carbons (Fsp3) is 0.227. The molecule has 1 aliphatic heterocycles. The normalized spacial score (nSPS) is 16.4. The molecule has 0 bridgehead atoms. The number of amidine groups is 1. The van der Waals surface area contributed by atoms with Crippen molar-refractivity contribution in [3.8, 4) is 11.8 Å². The van der Waals surface area contributed by atoms with E-state index in [4.69, 9.17) is 4.74 Å². The molecule has 8 heteroatoms. The Kier molecular flexibility index (Phi) is 8.19. The number of nitriles is 1. The van der Waals surface area contributed by atoms with E-state index in [-0.39, 0.29) is 12.5 Å². The van der Waals surface area contributed by atoms with Crippen LogP contribution < -0.4 is 4.74 Å². The molecule has 2 aromatic rings. The first-order valence-electron chi connectivity index (χ1n) is 9.34. The summed E-state index contributed by atoms with van der Waals surface area (Å²) in [6.45, 7) is 5.40. The second-order valence-electron chi connectivity index (χ2n) is 6.28. The number of carbonyl (C=O) groups excluding carboxylic acids is 1. The first-order chi connectivity index (χ1) is 14.5. The van der Waals surface area contributed by atoms with E-state index in [0.29, 0.717) is 29.3 Å². The number of halogens is 2. The number of benzene rings is 2.